The lowest BCUT2D eigenvalue weighted by atomic mass is 10.1. The van der Waals surface area contributed by atoms with Gasteiger partial charge in [0.1, 0.15) is 11.5 Å². The van der Waals surface area contributed by atoms with Crippen molar-refractivity contribution < 1.29 is 33.4 Å². The minimum absolute atomic E-state index is 0. The van der Waals surface area contributed by atoms with Crippen LogP contribution in [0.15, 0.2) is 84.9 Å². The number of carbonyl (C=O) groups is 4. The summed E-state index contributed by atoms with van der Waals surface area (Å²) in [4.78, 5) is 46.4. The van der Waals surface area contributed by atoms with Gasteiger partial charge in [0.05, 0.1) is 5.34 Å². The lowest BCUT2D eigenvalue weighted by molar-refractivity contribution is -0.159. The van der Waals surface area contributed by atoms with Crippen LogP contribution in [0.1, 0.15) is 53.4 Å². The number of unbranched alkanes of at least 4 members (excludes halogenated alkanes) is 1. The molecule has 1 aliphatic rings. The predicted octanol–water partition coefficient (Wildman–Crippen LogP) is 6.79. The van der Waals surface area contributed by atoms with Gasteiger partial charge in [-0.1, -0.05) is 75.5 Å². The van der Waals surface area contributed by atoms with Crippen LogP contribution < -0.4 is 31.2 Å². The maximum Gasteiger partial charge on any atom is 0.345 e. The molecule has 11 nitrogen and oxygen atoms in total. The number of Topliss-reactive ketones (excluding diaryl/α,β-unsaturated/α-hetero) is 2. The van der Waals surface area contributed by atoms with E-state index in [1.165, 1.54) is 6.42 Å². The van der Waals surface area contributed by atoms with E-state index >= 15 is 0 Å². The van der Waals surface area contributed by atoms with E-state index in [1.807, 2.05) is 72.8 Å². The molecular formula is C42H58Cl2N4O7. The average Bonchev–Trinajstić information content (AvgIpc) is 3.49. The maximum absolute atomic E-state index is 11.9. The van der Waals surface area contributed by atoms with Crippen LogP contribution in [-0.4, -0.2) is 87.4 Å². The zero-order chi connectivity index (χ0) is 38.1. The Labute approximate surface area is 335 Å². The Morgan fingerprint density at radius 3 is 1.60 bits per heavy atom. The molecule has 0 radical (unpaired) electrons. The number of benzene rings is 4. The molecule has 13 heteroatoms. The zero-order valence-electron chi connectivity index (χ0n) is 30.0. The first-order valence-corrected chi connectivity index (χ1v) is 18.9. The lowest BCUT2D eigenvalue weighted by Crippen LogP contribution is -2.31. The van der Waals surface area contributed by atoms with Crippen LogP contribution in [-0.2, 0) is 23.9 Å². The van der Waals surface area contributed by atoms with Gasteiger partial charge in [-0.3, -0.25) is 14.4 Å². The number of ketones is 2. The quantitative estimate of drug-likeness (QED) is 0.0345. The third kappa shape index (κ3) is 19.2. The molecule has 0 heterocycles. The summed E-state index contributed by atoms with van der Waals surface area (Å²) in [5.74, 6) is -0.251. The Balaban J connectivity index is 0.000000506. The van der Waals surface area contributed by atoms with Gasteiger partial charge in [0, 0.05) is 19.4 Å². The number of ether oxygens (including phenoxy) is 3. The molecule has 0 bridgehead atoms. The van der Waals surface area contributed by atoms with Crippen molar-refractivity contribution in [2.75, 3.05) is 57.8 Å². The van der Waals surface area contributed by atoms with Gasteiger partial charge in [-0.2, -0.15) is 0 Å². The van der Waals surface area contributed by atoms with E-state index < -0.39 is 12.1 Å². The minimum Gasteiger partial charge on any atom is -0.484 e. The summed E-state index contributed by atoms with van der Waals surface area (Å²) in [6.07, 6.45) is 3.31. The molecule has 0 unspecified atom stereocenters. The van der Waals surface area contributed by atoms with E-state index in [4.69, 9.17) is 43.1 Å². The fraction of sp³-hybridized carbons (Fsp3) is 0.429. The van der Waals surface area contributed by atoms with E-state index in [1.54, 1.807) is 6.07 Å². The number of fused-ring (bicyclic) bond motifs is 2. The second kappa shape index (κ2) is 29.1. The maximum atomic E-state index is 11.9. The molecule has 0 aromatic heterocycles. The van der Waals surface area contributed by atoms with Gasteiger partial charge < -0.3 is 35.9 Å². The Hall–Kier alpha value is -4.26. The van der Waals surface area contributed by atoms with Crippen LogP contribution in [0, 0.1) is 0 Å². The van der Waals surface area contributed by atoms with Crippen molar-refractivity contribution in [2.24, 2.45) is 5.73 Å². The Bertz CT molecular complexity index is 1710. The first kappa shape index (κ1) is 48.8. The van der Waals surface area contributed by atoms with Crippen LogP contribution in [0.3, 0.4) is 0 Å². The highest BCUT2D eigenvalue weighted by molar-refractivity contribution is 6.40. The molecule has 0 aliphatic heterocycles. The average molecular weight is 802 g/mol. The summed E-state index contributed by atoms with van der Waals surface area (Å²) in [6.45, 7) is 5.10. The Morgan fingerprint density at radius 1 is 0.636 bits per heavy atom. The van der Waals surface area contributed by atoms with E-state index in [0.717, 1.165) is 73.5 Å². The van der Waals surface area contributed by atoms with Crippen LogP contribution >= 0.6 is 23.2 Å². The van der Waals surface area contributed by atoms with Gasteiger partial charge in [0.25, 0.3) is 5.91 Å². The van der Waals surface area contributed by atoms with E-state index in [0.29, 0.717) is 18.0 Å². The number of halogens is 2. The topological polar surface area (TPSA) is 158 Å². The Morgan fingerprint density at radius 2 is 1.09 bits per heavy atom. The fourth-order valence-corrected chi connectivity index (χ4v) is 5.26. The molecule has 302 valence electrons. The first-order chi connectivity index (χ1) is 25.8. The molecule has 5 rings (SSSR count). The highest BCUT2D eigenvalue weighted by Crippen LogP contribution is 2.22. The summed E-state index contributed by atoms with van der Waals surface area (Å²) < 4.78 is 15.8. The van der Waals surface area contributed by atoms with Crippen molar-refractivity contribution in [3.8, 4) is 11.5 Å². The number of nitrogens with two attached hydrogens (primary N) is 1. The first-order valence-electron chi connectivity index (χ1n) is 17.8. The van der Waals surface area contributed by atoms with Gasteiger partial charge in [0.2, 0.25) is 6.10 Å². The van der Waals surface area contributed by atoms with Crippen molar-refractivity contribution in [3.05, 3.63) is 84.9 Å². The molecular weight excluding hydrogens is 743 g/mol. The molecule has 1 aliphatic carbocycles. The van der Waals surface area contributed by atoms with Crippen LogP contribution in [0.4, 0.5) is 0 Å². The minimum atomic E-state index is -1.24. The van der Waals surface area contributed by atoms with Gasteiger partial charge in [0.15, 0.2) is 24.8 Å². The largest absolute Gasteiger partial charge is 0.484 e. The van der Waals surface area contributed by atoms with Gasteiger partial charge in [-0.25, -0.2) is 4.79 Å². The molecule has 4 aromatic carbocycles. The molecule has 0 saturated heterocycles. The molecule has 55 heavy (non-hydrogen) atoms. The third-order valence-electron chi connectivity index (χ3n) is 7.99. The monoisotopic (exact) mass is 800 g/mol. The molecule has 1 amide bonds. The standard InChI is InChI=1S/C22H34N4O2.C17H14O5.CH2Cl2.2CH4/c23-11-5-14-24-12-3-4-13-25-15-6-16-26-22(27)18-28-21-10-9-19-7-1-2-8-20(19)17-21;18-14-7-8-15(19)17(14)22-16(20)10-21-13-6-5-11-3-1-2-4-12(11)9-13;2-1-3;;/h1-2,7-10,17,24-25H,3-6,11-16,18,23H2,(H,26,27);1-6,9,17H,7-8,10H2;1H2;2*1H4. The van der Waals surface area contributed by atoms with Gasteiger partial charge in [-0.15, -0.1) is 23.2 Å². The molecule has 1 saturated carbocycles. The number of esters is 1. The summed E-state index contributed by atoms with van der Waals surface area (Å²) in [6, 6.07) is 27.2. The fourth-order valence-electron chi connectivity index (χ4n) is 5.26. The Kier molecular flexibility index (Phi) is 25.8. The normalized spacial score (nSPS) is 12.0. The summed E-state index contributed by atoms with van der Waals surface area (Å²) >= 11 is 9.53. The number of nitrogens with one attached hydrogen (secondary N) is 3. The highest BCUT2D eigenvalue weighted by atomic mass is 35.5. The van der Waals surface area contributed by atoms with Crippen molar-refractivity contribution in [2.45, 2.75) is 59.5 Å². The molecule has 4 aromatic rings. The van der Waals surface area contributed by atoms with E-state index in [-0.39, 0.29) is 63.7 Å². The summed E-state index contributed by atoms with van der Waals surface area (Å²) in [5, 5.41) is 14.2. The van der Waals surface area contributed by atoms with E-state index in [9.17, 15) is 19.2 Å². The van der Waals surface area contributed by atoms with Gasteiger partial charge >= 0.3 is 5.97 Å². The second-order valence-electron chi connectivity index (χ2n) is 12.1. The summed E-state index contributed by atoms with van der Waals surface area (Å²) in [7, 11) is 0. The van der Waals surface area contributed by atoms with Crippen molar-refractivity contribution in [1.29, 1.82) is 0 Å². The van der Waals surface area contributed by atoms with Crippen LogP contribution in [0.25, 0.3) is 21.5 Å². The lowest BCUT2D eigenvalue weighted by Gasteiger charge is -2.10. The molecule has 1 fully saturated rings. The van der Waals surface area contributed by atoms with Gasteiger partial charge in [-0.05, 0) is 104 Å². The van der Waals surface area contributed by atoms with E-state index in [2.05, 4.69) is 22.0 Å². The smallest absolute Gasteiger partial charge is 0.345 e. The number of amides is 1. The predicted molar refractivity (Wildman–Crippen MR) is 224 cm³/mol. The van der Waals surface area contributed by atoms with Crippen molar-refractivity contribution in [3.63, 3.8) is 0 Å². The number of carbonyl (C=O) groups excluding carboxylic acids is 4. The van der Waals surface area contributed by atoms with Crippen LogP contribution in [0.2, 0.25) is 0 Å². The molecule has 0 atom stereocenters. The number of hydrogen-bond acceptors (Lipinski definition) is 10. The molecule has 0 spiro atoms. The third-order valence-corrected chi connectivity index (χ3v) is 7.99. The molecule has 5 N–H and O–H groups in total. The number of rotatable bonds is 19. The SMILES string of the molecule is C.C.ClCCl.NCCCNCCCCNCCCNC(=O)COc1ccc2ccccc2c1.O=C(COc1ccc2ccccc2c1)OC1C(=O)CCC1=O. The zero-order valence-corrected chi connectivity index (χ0v) is 31.5. The van der Waals surface area contributed by atoms with Crippen molar-refractivity contribution in [1.82, 2.24) is 16.0 Å². The number of hydrogen-bond donors (Lipinski definition) is 4. The highest BCUT2D eigenvalue weighted by Gasteiger charge is 2.36. The van der Waals surface area contributed by atoms with Crippen LogP contribution in [0.5, 0.6) is 11.5 Å². The summed E-state index contributed by atoms with van der Waals surface area (Å²) in [5.41, 5.74) is 5.45. The second-order valence-corrected chi connectivity index (χ2v) is 12.9. The number of alkyl halides is 2. The van der Waals surface area contributed by atoms with Crippen molar-refractivity contribution >= 4 is 68.2 Å².